The SMILES string of the molecule is COc1cc(C=NNC(=O)c2ccc(C#N)cc2)ccc1OCc1ccccc1Cl. The molecule has 0 aliphatic heterocycles. The van der Waals surface area contributed by atoms with Crippen molar-refractivity contribution in [2.24, 2.45) is 5.10 Å². The molecule has 3 aromatic rings. The highest BCUT2D eigenvalue weighted by Gasteiger charge is 2.08. The topological polar surface area (TPSA) is 83.7 Å². The van der Waals surface area contributed by atoms with Gasteiger partial charge < -0.3 is 9.47 Å². The number of hydrogen-bond acceptors (Lipinski definition) is 5. The molecule has 0 radical (unpaired) electrons. The van der Waals surface area contributed by atoms with Gasteiger partial charge in [-0.05, 0) is 54.1 Å². The fourth-order valence-electron chi connectivity index (χ4n) is 2.58. The zero-order valence-corrected chi connectivity index (χ0v) is 16.9. The molecule has 0 heterocycles. The van der Waals surface area contributed by atoms with Gasteiger partial charge in [0.15, 0.2) is 11.5 Å². The minimum absolute atomic E-state index is 0.310. The molecule has 3 aromatic carbocycles. The van der Waals surface area contributed by atoms with Crippen LogP contribution in [0.25, 0.3) is 0 Å². The fourth-order valence-corrected chi connectivity index (χ4v) is 2.77. The monoisotopic (exact) mass is 419 g/mol. The number of rotatable bonds is 7. The highest BCUT2D eigenvalue weighted by molar-refractivity contribution is 6.31. The lowest BCUT2D eigenvalue weighted by atomic mass is 10.1. The average molecular weight is 420 g/mol. The Hall–Kier alpha value is -3.82. The summed E-state index contributed by atoms with van der Waals surface area (Å²) in [7, 11) is 1.55. The van der Waals surface area contributed by atoms with Crippen molar-refractivity contribution in [3.63, 3.8) is 0 Å². The number of hydrazone groups is 1. The van der Waals surface area contributed by atoms with Gasteiger partial charge in [0.05, 0.1) is 25.0 Å². The summed E-state index contributed by atoms with van der Waals surface area (Å²) in [6.07, 6.45) is 1.50. The molecule has 0 atom stereocenters. The summed E-state index contributed by atoms with van der Waals surface area (Å²) in [5.74, 6) is 0.725. The standard InChI is InChI=1S/C23H18ClN3O3/c1-29-22-12-17(8-11-21(22)30-15-19-4-2-3-5-20(19)24)14-26-27-23(28)18-9-6-16(13-25)7-10-18/h2-12,14H,15H2,1H3,(H,27,28). The molecule has 1 amide bonds. The zero-order chi connectivity index (χ0) is 21.3. The predicted molar refractivity (Wildman–Crippen MR) is 115 cm³/mol. The molecule has 0 saturated carbocycles. The van der Waals surface area contributed by atoms with E-state index >= 15 is 0 Å². The largest absolute Gasteiger partial charge is 0.493 e. The Kier molecular flexibility index (Phi) is 7.04. The minimum atomic E-state index is -0.373. The Morgan fingerprint density at radius 3 is 2.60 bits per heavy atom. The van der Waals surface area contributed by atoms with Crippen LogP contribution in [0.1, 0.15) is 27.0 Å². The average Bonchev–Trinajstić information content (AvgIpc) is 2.79. The summed E-state index contributed by atoms with van der Waals surface area (Å²) in [5, 5.41) is 13.4. The molecule has 6 nitrogen and oxygen atoms in total. The van der Waals surface area contributed by atoms with E-state index in [1.165, 1.54) is 6.21 Å². The number of carbonyl (C=O) groups is 1. The summed E-state index contributed by atoms with van der Waals surface area (Å²) in [4.78, 5) is 12.1. The smallest absolute Gasteiger partial charge is 0.271 e. The molecule has 0 bridgehead atoms. The lowest BCUT2D eigenvalue weighted by Crippen LogP contribution is -2.17. The van der Waals surface area contributed by atoms with E-state index < -0.39 is 0 Å². The van der Waals surface area contributed by atoms with Crippen LogP contribution < -0.4 is 14.9 Å². The lowest BCUT2D eigenvalue weighted by Gasteiger charge is -2.12. The molecule has 7 heteroatoms. The maximum absolute atomic E-state index is 12.1. The molecule has 3 rings (SSSR count). The minimum Gasteiger partial charge on any atom is -0.493 e. The van der Waals surface area contributed by atoms with Crippen molar-refractivity contribution in [1.82, 2.24) is 5.43 Å². The Bertz CT molecular complexity index is 1110. The van der Waals surface area contributed by atoms with Gasteiger partial charge in [0.1, 0.15) is 6.61 Å². The van der Waals surface area contributed by atoms with Gasteiger partial charge in [-0.15, -0.1) is 0 Å². The van der Waals surface area contributed by atoms with E-state index in [2.05, 4.69) is 10.5 Å². The number of nitrogens with one attached hydrogen (secondary N) is 1. The first-order valence-corrected chi connectivity index (χ1v) is 9.36. The molecule has 0 aromatic heterocycles. The molecule has 0 unspecified atom stereocenters. The van der Waals surface area contributed by atoms with Gasteiger partial charge in [0, 0.05) is 16.1 Å². The van der Waals surface area contributed by atoms with E-state index in [9.17, 15) is 4.79 Å². The Morgan fingerprint density at radius 1 is 1.13 bits per heavy atom. The zero-order valence-electron chi connectivity index (χ0n) is 16.1. The number of methoxy groups -OCH3 is 1. The third kappa shape index (κ3) is 5.37. The van der Waals surface area contributed by atoms with E-state index in [-0.39, 0.29) is 5.91 Å². The summed E-state index contributed by atoms with van der Waals surface area (Å²) in [5.41, 5.74) is 4.94. The number of halogens is 1. The van der Waals surface area contributed by atoms with Gasteiger partial charge in [0.25, 0.3) is 5.91 Å². The van der Waals surface area contributed by atoms with Crippen LogP contribution in [-0.2, 0) is 6.61 Å². The van der Waals surface area contributed by atoms with Gasteiger partial charge >= 0.3 is 0 Å². The Morgan fingerprint density at radius 2 is 1.90 bits per heavy atom. The molecule has 0 spiro atoms. The number of nitrogens with zero attached hydrogens (tertiary/aromatic N) is 2. The number of benzene rings is 3. The van der Waals surface area contributed by atoms with Crippen molar-refractivity contribution < 1.29 is 14.3 Å². The maximum Gasteiger partial charge on any atom is 0.271 e. The second-order valence-electron chi connectivity index (χ2n) is 6.18. The van der Waals surface area contributed by atoms with Crippen LogP contribution in [-0.4, -0.2) is 19.2 Å². The second kappa shape index (κ2) is 10.1. The van der Waals surface area contributed by atoms with E-state index in [0.29, 0.717) is 34.3 Å². The van der Waals surface area contributed by atoms with Crippen LogP contribution in [0.4, 0.5) is 0 Å². The molecular formula is C23H18ClN3O3. The second-order valence-corrected chi connectivity index (χ2v) is 6.59. The Balaban J connectivity index is 1.63. The first-order valence-electron chi connectivity index (χ1n) is 8.98. The van der Waals surface area contributed by atoms with Gasteiger partial charge in [0.2, 0.25) is 0 Å². The van der Waals surface area contributed by atoms with Gasteiger partial charge in [-0.1, -0.05) is 29.8 Å². The van der Waals surface area contributed by atoms with Crippen molar-refractivity contribution in [3.8, 4) is 17.6 Å². The summed E-state index contributed by atoms with van der Waals surface area (Å²) in [6.45, 7) is 0.310. The number of amides is 1. The molecule has 30 heavy (non-hydrogen) atoms. The summed E-state index contributed by atoms with van der Waals surface area (Å²) in [6, 6.07) is 21.1. The van der Waals surface area contributed by atoms with Crippen LogP contribution in [0.5, 0.6) is 11.5 Å². The van der Waals surface area contributed by atoms with E-state index in [4.69, 9.17) is 26.3 Å². The summed E-state index contributed by atoms with van der Waals surface area (Å²) < 4.78 is 11.2. The molecule has 0 aliphatic rings. The molecule has 0 aliphatic carbocycles. The highest BCUT2D eigenvalue weighted by atomic mass is 35.5. The predicted octanol–water partition coefficient (Wildman–Crippen LogP) is 4.56. The van der Waals surface area contributed by atoms with Crippen LogP contribution in [0.15, 0.2) is 71.8 Å². The van der Waals surface area contributed by atoms with Crippen molar-refractivity contribution in [2.75, 3.05) is 7.11 Å². The van der Waals surface area contributed by atoms with Crippen LogP contribution >= 0.6 is 11.6 Å². The fraction of sp³-hybridized carbons (Fsp3) is 0.0870. The molecule has 0 fully saturated rings. The maximum atomic E-state index is 12.1. The van der Waals surface area contributed by atoms with Gasteiger partial charge in [-0.3, -0.25) is 4.79 Å². The van der Waals surface area contributed by atoms with Crippen molar-refractivity contribution >= 4 is 23.7 Å². The first-order chi connectivity index (χ1) is 14.6. The van der Waals surface area contributed by atoms with Gasteiger partial charge in [-0.2, -0.15) is 10.4 Å². The van der Waals surface area contributed by atoms with Gasteiger partial charge in [-0.25, -0.2) is 5.43 Å². The van der Waals surface area contributed by atoms with Crippen LogP contribution in [0.3, 0.4) is 0 Å². The third-order valence-electron chi connectivity index (χ3n) is 4.18. The van der Waals surface area contributed by atoms with Crippen LogP contribution in [0, 0.1) is 11.3 Å². The number of carbonyl (C=O) groups excluding carboxylic acids is 1. The van der Waals surface area contributed by atoms with Crippen LogP contribution in [0.2, 0.25) is 5.02 Å². The van der Waals surface area contributed by atoms with E-state index in [1.54, 1.807) is 49.6 Å². The Labute approximate surface area is 179 Å². The summed E-state index contributed by atoms with van der Waals surface area (Å²) >= 11 is 6.15. The third-order valence-corrected chi connectivity index (χ3v) is 4.55. The molecule has 1 N–H and O–H groups in total. The van der Waals surface area contributed by atoms with Crippen molar-refractivity contribution in [3.05, 3.63) is 94.0 Å². The molecule has 0 saturated heterocycles. The normalized spacial score (nSPS) is 10.4. The quantitative estimate of drug-likeness (QED) is 0.449. The molecular weight excluding hydrogens is 402 g/mol. The molecule has 150 valence electrons. The number of nitriles is 1. The van der Waals surface area contributed by atoms with E-state index in [0.717, 1.165) is 11.1 Å². The first kappa shape index (κ1) is 20.9. The van der Waals surface area contributed by atoms with E-state index in [1.807, 2.05) is 30.3 Å². The number of hydrogen-bond donors (Lipinski definition) is 1. The van der Waals surface area contributed by atoms with Crippen molar-refractivity contribution in [1.29, 1.82) is 5.26 Å². The number of ether oxygens (including phenoxy) is 2. The van der Waals surface area contributed by atoms with Crippen molar-refractivity contribution in [2.45, 2.75) is 6.61 Å². The highest BCUT2D eigenvalue weighted by Crippen LogP contribution is 2.29. The lowest BCUT2D eigenvalue weighted by molar-refractivity contribution is 0.0955.